The van der Waals surface area contributed by atoms with Crippen LogP contribution in [0.15, 0.2) is 36.4 Å². The zero-order valence-electron chi connectivity index (χ0n) is 9.78. The molecule has 1 unspecified atom stereocenters. The average molecular weight is 330 g/mol. The number of thiophene rings is 1. The number of alkyl halides is 1. The van der Waals surface area contributed by atoms with Gasteiger partial charge in [0.2, 0.25) is 0 Å². The van der Waals surface area contributed by atoms with Crippen molar-refractivity contribution in [2.24, 2.45) is 0 Å². The van der Waals surface area contributed by atoms with Crippen LogP contribution in [0.3, 0.4) is 0 Å². The first-order chi connectivity index (χ1) is 8.08. The molecule has 0 saturated heterocycles. The van der Waals surface area contributed by atoms with Crippen LogP contribution < -0.4 is 0 Å². The van der Waals surface area contributed by atoms with Crippen molar-refractivity contribution < 1.29 is 0 Å². The third kappa shape index (κ3) is 3.12. The maximum atomic E-state index is 5.96. The maximum Gasteiger partial charge on any atom is 0.0931 e. The van der Waals surface area contributed by atoms with Crippen LogP contribution >= 0.6 is 38.9 Å². The van der Waals surface area contributed by atoms with Gasteiger partial charge in [-0.25, -0.2) is 0 Å². The summed E-state index contributed by atoms with van der Waals surface area (Å²) in [4.78, 5) is 1.48. The summed E-state index contributed by atoms with van der Waals surface area (Å²) in [6, 6.07) is 12.8. The largest absolute Gasteiger partial charge is 0.127 e. The Balaban J connectivity index is 2.22. The molecule has 1 atom stereocenters. The summed E-state index contributed by atoms with van der Waals surface area (Å²) in [6.45, 7) is 4.42. The number of hydrogen-bond acceptors (Lipinski definition) is 1. The van der Waals surface area contributed by atoms with Crippen molar-refractivity contribution in [1.82, 2.24) is 0 Å². The molecule has 0 radical (unpaired) electrons. The fourth-order valence-electron chi connectivity index (χ4n) is 1.68. The van der Waals surface area contributed by atoms with Gasteiger partial charge in [-0.1, -0.05) is 65.6 Å². The Bertz CT molecular complexity index is 487. The minimum atomic E-state index is 0.237. The van der Waals surface area contributed by atoms with Crippen LogP contribution in [0.1, 0.15) is 40.6 Å². The van der Waals surface area contributed by atoms with E-state index in [-0.39, 0.29) is 4.83 Å². The van der Waals surface area contributed by atoms with Crippen molar-refractivity contribution in [2.45, 2.75) is 24.6 Å². The van der Waals surface area contributed by atoms with E-state index in [2.05, 4.69) is 60.1 Å². The van der Waals surface area contributed by atoms with Gasteiger partial charge in [-0.15, -0.1) is 11.3 Å². The second-order valence-electron chi connectivity index (χ2n) is 4.33. The average Bonchev–Trinajstić information content (AvgIpc) is 2.75. The van der Waals surface area contributed by atoms with Gasteiger partial charge < -0.3 is 0 Å². The van der Waals surface area contributed by atoms with Crippen LogP contribution in [0.5, 0.6) is 0 Å². The highest BCUT2D eigenvalue weighted by Gasteiger charge is 2.12. The number of rotatable bonds is 3. The molecule has 0 nitrogen and oxygen atoms in total. The Morgan fingerprint density at radius 1 is 1.00 bits per heavy atom. The van der Waals surface area contributed by atoms with Gasteiger partial charge >= 0.3 is 0 Å². The van der Waals surface area contributed by atoms with Crippen molar-refractivity contribution in [1.29, 1.82) is 0 Å². The summed E-state index contributed by atoms with van der Waals surface area (Å²) in [6.07, 6.45) is 0. The summed E-state index contributed by atoms with van der Waals surface area (Å²) < 4.78 is 0.836. The Morgan fingerprint density at radius 2 is 1.59 bits per heavy atom. The molecule has 0 N–H and O–H groups in total. The molecule has 2 rings (SSSR count). The Kier molecular flexibility index (Phi) is 4.29. The Morgan fingerprint density at radius 3 is 2.06 bits per heavy atom. The molecule has 0 spiro atoms. The van der Waals surface area contributed by atoms with Gasteiger partial charge in [0.25, 0.3) is 0 Å². The first-order valence-electron chi connectivity index (χ1n) is 5.57. The summed E-state index contributed by atoms with van der Waals surface area (Å²) >= 11 is 11.3. The van der Waals surface area contributed by atoms with Gasteiger partial charge in [-0.05, 0) is 29.2 Å². The summed E-state index contributed by atoms with van der Waals surface area (Å²) in [7, 11) is 0. The van der Waals surface area contributed by atoms with Crippen molar-refractivity contribution in [2.75, 3.05) is 0 Å². The fraction of sp³-hybridized carbons (Fsp3) is 0.286. The van der Waals surface area contributed by atoms with Crippen LogP contribution in [-0.4, -0.2) is 0 Å². The smallest absolute Gasteiger partial charge is 0.0931 e. The maximum absolute atomic E-state index is 5.96. The molecule has 0 bridgehead atoms. The molecule has 1 aromatic heterocycles. The molecule has 0 fully saturated rings. The van der Waals surface area contributed by atoms with Crippen LogP contribution in [0.4, 0.5) is 0 Å². The van der Waals surface area contributed by atoms with E-state index in [1.807, 2.05) is 6.07 Å². The zero-order valence-corrected chi connectivity index (χ0v) is 12.9. The molecule has 17 heavy (non-hydrogen) atoms. The summed E-state index contributed by atoms with van der Waals surface area (Å²) in [5, 5.41) is 0. The highest BCUT2D eigenvalue weighted by molar-refractivity contribution is 9.09. The van der Waals surface area contributed by atoms with E-state index in [4.69, 9.17) is 11.6 Å². The molecular formula is C14H14BrClS. The Labute approximate surface area is 120 Å². The second-order valence-corrected chi connectivity index (χ2v) is 6.99. The van der Waals surface area contributed by atoms with Gasteiger partial charge in [0.1, 0.15) is 0 Å². The van der Waals surface area contributed by atoms with Gasteiger partial charge in [0.15, 0.2) is 0 Å². The van der Waals surface area contributed by atoms with Crippen molar-refractivity contribution in [3.63, 3.8) is 0 Å². The SMILES string of the molecule is CC(C)c1ccc(C(Br)c2ccc(Cl)s2)cc1. The second kappa shape index (κ2) is 5.55. The number of hydrogen-bond donors (Lipinski definition) is 0. The standard InChI is InChI=1S/C14H14BrClS/c1-9(2)10-3-5-11(6-4-10)14(15)12-7-8-13(16)17-12/h3-9,14H,1-2H3. The highest BCUT2D eigenvalue weighted by atomic mass is 79.9. The molecule has 0 saturated carbocycles. The Hall–Kier alpha value is -0.310. The minimum absolute atomic E-state index is 0.237. The van der Waals surface area contributed by atoms with E-state index in [0.717, 1.165) is 4.34 Å². The molecule has 90 valence electrons. The van der Waals surface area contributed by atoms with Gasteiger partial charge in [-0.3, -0.25) is 0 Å². The van der Waals surface area contributed by atoms with E-state index >= 15 is 0 Å². The first kappa shape index (κ1) is 13.1. The summed E-state index contributed by atoms with van der Waals surface area (Å²) in [5.74, 6) is 0.578. The predicted octanol–water partition coefficient (Wildman–Crippen LogP) is 6.01. The van der Waals surface area contributed by atoms with E-state index in [0.29, 0.717) is 5.92 Å². The quantitative estimate of drug-likeness (QED) is 0.605. The lowest BCUT2D eigenvalue weighted by atomic mass is 10.0. The van der Waals surface area contributed by atoms with Crippen molar-refractivity contribution in [3.8, 4) is 0 Å². The van der Waals surface area contributed by atoms with Crippen LogP contribution in [0, 0.1) is 0 Å². The van der Waals surface area contributed by atoms with Crippen LogP contribution in [-0.2, 0) is 0 Å². The molecule has 0 aliphatic rings. The van der Waals surface area contributed by atoms with Gasteiger partial charge in [0, 0.05) is 4.88 Å². The fourth-order valence-corrected chi connectivity index (χ4v) is 3.48. The van der Waals surface area contributed by atoms with Crippen molar-refractivity contribution >= 4 is 38.9 Å². The number of benzene rings is 1. The van der Waals surface area contributed by atoms with E-state index in [1.54, 1.807) is 11.3 Å². The lowest BCUT2D eigenvalue weighted by molar-refractivity contribution is 0.865. The van der Waals surface area contributed by atoms with E-state index in [1.165, 1.54) is 16.0 Å². The molecule has 0 aliphatic carbocycles. The zero-order chi connectivity index (χ0) is 12.4. The lowest BCUT2D eigenvalue weighted by Gasteiger charge is -2.10. The molecule has 0 amide bonds. The van der Waals surface area contributed by atoms with Gasteiger partial charge in [-0.2, -0.15) is 0 Å². The molecular weight excluding hydrogens is 316 g/mol. The minimum Gasteiger partial charge on any atom is -0.127 e. The molecule has 3 heteroatoms. The number of halogens is 2. The van der Waals surface area contributed by atoms with E-state index < -0.39 is 0 Å². The normalized spacial score (nSPS) is 13.0. The molecule has 0 aliphatic heterocycles. The molecule has 1 aromatic carbocycles. The third-order valence-corrected chi connectivity index (χ3v) is 5.36. The topological polar surface area (TPSA) is 0 Å². The monoisotopic (exact) mass is 328 g/mol. The van der Waals surface area contributed by atoms with Crippen LogP contribution in [0.25, 0.3) is 0 Å². The van der Waals surface area contributed by atoms with Crippen LogP contribution in [0.2, 0.25) is 4.34 Å². The summed E-state index contributed by atoms with van der Waals surface area (Å²) in [5.41, 5.74) is 2.64. The molecule has 1 heterocycles. The van der Waals surface area contributed by atoms with Gasteiger partial charge in [0.05, 0.1) is 9.16 Å². The first-order valence-corrected chi connectivity index (χ1v) is 7.68. The predicted molar refractivity (Wildman–Crippen MR) is 80.6 cm³/mol. The van der Waals surface area contributed by atoms with Crippen molar-refractivity contribution in [3.05, 3.63) is 56.7 Å². The third-order valence-electron chi connectivity index (χ3n) is 2.74. The lowest BCUT2D eigenvalue weighted by Crippen LogP contribution is -1.92. The van der Waals surface area contributed by atoms with E-state index in [9.17, 15) is 0 Å². The molecule has 2 aromatic rings. The highest BCUT2D eigenvalue weighted by Crippen LogP contribution is 2.37.